The van der Waals surface area contributed by atoms with Crippen molar-refractivity contribution in [3.8, 4) is 0 Å². The fourth-order valence-corrected chi connectivity index (χ4v) is 2.61. The maximum atomic E-state index is 10.7. The summed E-state index contributed by atoms with van der Waals surface area (Å²) in [5.41, 5.74) is 1.05. The molecule has 1 saturated heterocycles. The average Bonchev–Trinajstić information content (AvgIpc) is 2.82. The minimum atomic E-state index is -0.958. The monoisotopic (exact) mass is 260 g/mol. The zero-order chi connectivity index (χ0) is 13.2. The summed E-state index contributed by atoms with van der Waals surface area (Å²) in [6.45, 7) is 1.58. The van der Waals surface area contributed by atoms with Gasteiger partial charge in [0.2, 0.25) is 5.95 Å². The highest BCUT2D eigenvalue weighted by Crippen LogP contribution is 2.20. The van der Waals surface area contributed by atoms with Gasteiger partial charge in [-0.15, -0.1) is 0 Å². The van der Waals surface area contributed by atoms with Gasteiger partial charge in [0, 0.05) is 25.3 Å². The predicted molar refractivity (Wildman–Crippen MR) is 71.6 cm³/mol. The van der Waals surface area contributed by atoms with Gasteiger partial charge in [-0.25, -0.2) is 9.78 Å². The second-order valence-electron chi connectivity index (χ2n) is 4.79. The lowest BCUT2D eigenvalue weighted by Gasteiger charge is -2.32. The molecule has 0 aliphatic carbocycles. The molecule has 3 rings (SSSR count). The zero-order valence-corrected chi connectivity index (χ0v) is 10.5. The number of nitrogens with zero attached hydrogens (tertiary/aromatic N) is 3. The number of carbonyl (C=O) groups is 1. The molecule has 1 amide bonds. The van der Waals surface area contributed by atoms with E-state index < -0.39 is 6.09 Å². The summed E-state index contributed by atoms with van der Waals surface area (Å²) in [7, 11) is 0. The summed E-state index contributed by atoms with van der Waals surface area (Å²) >= 11 is 0. The Hall–Kier alpha value is -2.24. The number of piperidine rings is 1. The van der Waals surface area contributed by atoms with Gasteiger partial charge in [0.25, 0.3) is 0 Å². The van der Waals surface area contributed by atoms with Gasteiger partial charge in [-0.1, -0.05) is 6.07 Å². The molecule has 0 spiro atoms. The molecule has 19 heavy (non-hydrogen) atoms. The minimum absolute atomic E-state index is 0.0256. The smallest absolute Gasteiger partial charge is 0.404 e. The van der Waals surface area contributed by atoms with Crippen LogP contribution in [-0.2, 0) is 0 Å². The third kappa shape index (κ3) is 2.33. The van der Waals surface area contributed by atoms with E-state index in [9.17, 15) is 4.79 Å². The van der Waals surface area contributed by atoms with E-state index in [0.29, 0.717) is 6.54 Å². The molecule has 1 atom stereocenters. The highest BCUT2D eigenvalue weighted by atomic mass is 16.4. The Balaban J connectivity index is 1.83. The molecular formula is C13H16N4O2. The number of amides is 1. The molecule has 1 aliphatic rings. The summed E-state index contributed by atoms with van der Waals surface area (Å²) in [5, 5.41) is 11.4. The van der Waals surface area contributed by atoms with E-state index in [1.54, 1.807) is 0 Å². The summed E-state index contributed by atoms with van der Waals surface area (Å²) in [6.07, 6.45) is 4.70. The number of fused-ring (bicyclic) bond motifs is 1. The molecule has 6 nitrogen and oxygen atoms in total. The zero-order valence-electron chi connectivity index (χ0n) is 10.5. The fourth-order valence-electron chi connectivity index (χ4n) is 2.61. The molecule has 0 bridgehead atoms. The molecule has 2 aromatic rings. The van der Waals surface area contributed by atoms with E-state index in [0.717, 1.165) is 30.9 Å². The Morgan fingerprint density at radius 1 is 1.47 bits per heavy atom. The van der Waals surface area contributed by atoms with Crippen molar-refractivity contribution < 1.29 is 9.90 Å². The molecule has 0 radical (unpaired) electrons. The van der Waals surface area contributed by atoms with E-state index in [-0.39, 0.29) is 6.04 Å². The van der Waals surface area contributed by atoms with Crippen molar-refractivity contribution in [1.29, 1.82) is 0 Å². The number of anilines is 1. The normalized spacial score (nSPS) is 19.6. The number of hydrogen-bond acceptors (Lipinski definition) is 3. The molecule has 1 aliphatic heterocycles. The number of hydrogen-bond donors (Lipinski definition) is 2. The van der Waals surface area contributed by atoms with Gasteiger partial charge >= 0.3 is 6.09 Å². The Morgan fingerprint density at radius 3 is 3.21 bits per heavy atom. The molecule has 1 fully saturated rings. The Bertz CT molecular complexity index is 595. The summed E-state index contributed by atoms with van der Waals surface area (Å²) < 4.78 is 2.03. The maximum absolute atomic E-state index is 10.7. The number of rotatable bonds is 2. The highest BCUT2D eigenvalue weighted by molar-refractivity contribution is 5.65. The molecule has 2 aromatic heterocycles. The molecule has 0 aromatic carbocycles. The van der Waals surface area contributed by atoms with Crippen molar-refractivity contribution in [3.05, 3.63) is 30.6 Å². The third-order valence-electron chi connectivity index (χ3n) is 3.45. The van der Waals surface area contributed by atoms with Gasteiger partial charge in [-0.05, 0) is 25.0 Å². The van der Waals surface area contributed by atoms with E-state index in [1.807, 2.05) is 35.0 Å². The Labute approximate surface area is 110 Å². The number of carboxylic acid groups (broad SMARTS) is 1. The van der Waals surface area contributed by atoms with Crippen molar-refractivity contribution in [2.75, 3.05) is 18.0 Å². The first-order chi connectivity index (χ1) is 9.24. The maximum Gasteiger partial charge on any atom is 0.404 e. The minimum Gasteiger partial charge on any atom is -0.465 e. The first kappa shape index (κ1) is 11.8. The largest absolute Gasteiger partial charge is 0.465 e. The first-order valence-corrected chi connectivity index (χ1v) is 6.40. The second kappa shape index (κ2) is 4.79. The lowest BCUT2D eigenvalue weighted by atomic mass is 10.1. The number of aromatic nitrogens is 2. The summed E-state index contributed by atoms with van der Waals surface area (Å²) in [6, 6.07) is 5.93. The number of pyridine rings is 1. The van der Waals surface area contributed by atoms with Gasteiger partial charge < -0.3 is 15.3 Å². The van der Waals surface area contributed by atoms with Crippen LogP contribution in [0.3, 0.4) is 0 Å². The fraction of sp³-hybridized carbons (Fsp3) is 0.385. The van der Waals surface area contributed by atoms with Crippen LogP contribution in [0.2, 0.25) is 0 Å². The molecule has 2 N–H and O–H groups in total. The van der Waals surface area contributed by atoms with E-state index in [1.165, 1.54) is 0 Å². The summed E-state index contributed by atoms with van der Waals surface area (Å²) in [5.74, 6) is 0.882. The van der Waals surface area contributed by atoms with Crippen LogP contribution in [0.4, 0.5) is 10.7 Å². The summed E-state index contributed by atoms with van der Waals surface area (Å²) in [4.78, 5) is 17.3. The standard InChI is InChI=1S/C13H16N4O2/c18-13(19)15-10-4-3-6-16(9-10)12-14-8-11-5-1-2-7-17(11)12/h1-2,5,7-8,10,15H,3-4,6,9H2,(H,18,19). The van der Waals surface area contributed by atoms with Gasteiger partial charge in [-0.2, -0.15) is 0 Å². The van der Waals surface area contributed by atoms with Crippen LogP contribution in [-0.4, -0.2) is 39.7 Å². The van der Waals surface area contributed by atoms with Gasteiger partial charge in [0.15, 0.2) is 0 Å². The van der Waals surface area contributed by atoms with Crippen molar-refractivity contribution >= 4 is 17.6 Å². The van der Waals surface area contributed by atoms with Crippen molar-refractivity contribution in [3.63, 3.8) is 0 Å². The second-order valence-corrected chi connectivity index (χ2v) is 4.79. The van der Waals surface area contributed by atoms with Crippen LogP contribution < -0.4 is 10.2 Å². The Kier molecular flexibility index (Phi) is 2.98. The van der Waals surface area contributed by atoms with Gasteiger partial charge in [-0.3, -0.25) is 4.40 Å². The highest BCUT2D eigenvalue weighted by Gasteiger charge is 2.23. The quantitative estimate of drug-likeness (QED) is 0.860. The van der Waals surface area contributed by atoms with Gasteiger partial charge in [0.05, 0.1) is 11.7 Å². The van der Waals surface area contributed by atoms with Gasteiger partial charge in [0.1, 0.15) is 0 Å². The van der Waals surface area contributed by atoms with Crippen molar-refractivity contribution in [1.82, 2.24) is 14.7 Å². The van der Waals surface area contributed by atoms with Crippen LogP contribution in [0, 0.1) is 0 Å². The van der Waals surface area contributed by atoms with Crippen molar-refractivity contribution in [2.45, 2.75) is 18.9 Å². The van der Waals surface area contributed by atoms with Crippen LogP contribution >= 0.6 is 0 Å². The molecule has 100 valence electrons. The molecule has 0 saturated carbocycles. The average molecular weight is 260 g/mol. The number of imidazole rings is 1. The SMILES string of the molecule is O=C(O)NC1CCCN(c2ncc3ccccn23)C1. The van der Waals surface area contributed by atoms with E-state index in [4.69, 9.17) is 5.11 Å². The molecule has 1 unspecified atom stereocenters. The lowest BCUT2D eigenvalue weighted by Crippen LogP contribution is -2.48. The van der Waals surface area contributed by atoms with E-state index in [2.05, 4.69) is 15.2 Å². The number of nitrogens with one attached hydrogen (secondary N) is 1. The topological polar surface area (TPSA) is 69.9 Å². The Morgan fingerprint density at radius 2 is 2.37 bits per heavy atom. The van der Waals surface area contributed by atoms with Crippen LogP contribution in [0.5, 0.6) is 0 Å². The molecule has 3 heterocycles. The first-order valence-electron chi connectivity index (χ1n) is 6.40. The van der Waals surface area contributed by atoms with E-state index >= 15 is 0 Å². The van der Waals surface area contributed by atoms with Crippen LogP contribution in [0.25, 0.3) is 5.52 Å². The molecule has 6 heteroatoms. The van der Waals surface area contributed by atoms with Crippen molar-refractivity contribution in [2.24, 2.45) is 0 Å². The lowest BCUT2D eigenvalue weighted by molar-refractivity contribution is 0.188. The predicted octanol–water partition coefficient (Wildman–Crippen LogP) is 1.57. The van der Waals surface area contributed by atoms with Crippen LogP contribution in [0.15, 0.2) is 30.6 Å². The van der Waals surface area contributed by atoms with Crippen LogP contribution in [0.1, 0.15) is 12.8 Å². The third-order valence-corrected chi connectivity index (χ3v) is 3.45. The molecular weight excluding hydrogens is 244 g/mol.